The molecule has 108 valence electrons. The van der Waals surface area contributed by atoms with Crippen molar-refractivity contribution < 1.29 is 13.9 Å². The lowest BCUT2D eigenvalue weighted by atomic mass is 10.2. The topological polar surface area (TPSA) is 64.4 Å². The highest BCUT2D eigenvalue weighted by molar-refractivity contribution is 7.09. The summed E-state index contributed by atoms with van der Waals surface area (Å²) in [6, 6.07) is 3.21. The van der Waals surface area contributed by atoms with Crippen LogP contribution < -0.4 is 10.1 Å². The highest BCUT2D eigenvalue weighted by Gasteiger charge is 2.11. The molecule has 0 fully saturated rings. The lowest BCUT2D eigenvalue weighted by molar-refractivity contribution is 0.0920. The number of rotatable bonds is 6. The molecule has 2 rings (SSSR count). The van der Waals surface area contributed by atoms with Crippen LogP contribution in [0.4, 0.5) is 0 Å². The minimum Gasteiger partial charge on any atom is -0.468 e. The van der Waals surface area contributed by atoms with E-state index in [9.17, 15) is 4.79 Å². The fourth-order valence-corrected chi connectivity index (χ4v) is 2.59. The van der Waals surface area contributed by atoms with Crippen molar-refractivity contribution in [2.75, 3.05) is 13.7 Å². The Morgan fingerprint density at radius 2 is 2.30 bits per heavy atom. The summed E-state index contributed by atoms with van der Waals surface area (Å²) in [5.74, 6) is 0.777. The predicted molar refractivity (Wildman–Crippen MR) is 77.5 cm³/mol. The molecule has 6 heteroatoms. The monoisotopic (exact) mass is 294 g/mol. The first kappa shape index (κ1) is 14.6. The van der Waals surface area contributed by atoms with Crippen molar-refractivity contribution >= 4 is 17.2 Å². The molecular weight excluding hydrogens is 276 g/mol. The minimum absolute atomic E-state index is 0.242. The Bertz CT molecular complexity index is 574. The molecule has 1 amide bonds. The van der Waals surface area contributed by atoms with Crippen molar-refractivity contribution in [1.29, 1.82) is 0 Å². The van der Waals surface area contributed by atoms with E-state index >= 15 is 0 Å². The molecule has 0 aliphatic rings. The normalized spacial score (nSPS) is 10.8. The van der Waals surface area contributed by atoms with Crippen LogP contribution in [0.2, 0.25) is 0 Å². The van der Waals surface area contributed by atoms with Gasteiger partial charge in [-0.1, -0.05) is 13.8 Å². The molecule has 0 bridgehead atoms. The van der Waals surface area contributed by atoms with Gasteiger partial charge in [0.1, 0.15) is 0 Å². The van der Waals surface area contributed by atoms with Crippen LogP contribution in [0.25, 0.3) is 0 Å². The van der Waals surface area contributed by atoms with Crippen LogP contribution in [0, 0.1) is 0 Å². The number of carbonyl (C=O) groups excluding carboxylic acids is 1. The molecule has 0 radical (unpaired) electrons. The van der Waals surface area contributed by atoms with E-state index in [1.807, 2.05) is 0 Å². The molecule has 0 aliphatic carbocycles. The molecule has 5 nitrogen and oxygen atoms in total. The van der Waals surface area contributed by atoms with Crippen LogP contribution in [-0.4, -0.2) is 24.5 Å². The van der Waals surface area contributed by atoms with E-state index in [-0.39, 0.29) is 11.7 Å². The third-order valence-corrected chi connectivity index (χ3v) is 3.72. The number of carbonyl (C=O) groups is 1. The van der Waals surface area contributed by atoms with Crippen LogP contribution in [0.3, 0.4) is 0 Å². The van der Waals surface area contributed by atoms with Crippen molar-refractivity contribution in [2.24, 2.45) is 0 Å². The summed E-state index contributed by atoms with van der Waals surface area (Å²) in [5, 5.41) is 5.90. The van der Waals surface area contributed by atoms with Crippen LogP contribution in [0.15, 0.2) is 21.9 Å². The lowest BCUT2D eigenvalue weighted by Crippen LogP contribution is -2.25. The molecule has 2 heterocycles. The van der Waals surface area contributed by atoms with Crippen LogP contribution in [-0.2, 0) is 6.42 Å². The first-order valence-corrected chi connectivity index (χ1v) is 7.34. The highest BCUT2D eigenvalue weighted by Crippen LogP contribution is 2.18. The van der Waals surface area contributed by atoms with Gasteiger partial charge in [0.2, 0.25) is 0 Å². The van der Waals surface area contributed by atoms with E-state index in [2.05, 4.69) is 29.5 Å². The maximum Gasteiger partial charge on any atom is 0.287 e. The van der Waals surface area contributed by atoms with Gasteiger partial charge in [0, 0.05) is 24.4 Å². The van der Waals surface area contributed by atoms with Gasteiger partial charge in [-0.3, -0.25) is 4.79 Å². The summed E-state index contributed by atoms with van der Waals surface area (Å²) in [6.07, 6.45) is 0.723. The lowest BCUT2D eigenvalue weighted by Gasteiger charge is -2.01. The van der Waals surface area contributed by atoms with E-state index < -0.39 is 0 Å². The maximum absolute atomic E-state index is 11.8. The molecule has 0 saturated heterocycles. The average Bonchev–Trinajstić information content (AvgIpc) is 3.07. The van der Waals surface area contributed by atoms with Gasteiger partial charge in [-0.05, 0) is 12.0 Å². The van der Waals surface area contributed by atoms with Gasteiger partial charge < -0.3 is 14.5 Å². The standard InChI is InChI=1S/C14H18N2O3S/c1-9(2)10-8-20-12(16-10)6-7-15-14(17)11-4-5-13(18-3)19-11/h4-5,8-9H,6-7H2,1-3H3,(H,15,17). The van der Waals surface area contributed by atoms with Gasteiger partial charge in [0.05, 0.1) is 17.8 Å². The first-order valence-electron chi connectivity index (χ1n) is 6.46. The zero-order chi connectivity index (χ0) is 14.5. The van der Waals surface area contributed by atoms with Gasteiger partial charge >= 0.3 is 0 Å². The molecule has 0 spiro atoms. The molecule has 0 aliphatic heterocycles. The molecule has 2 aromatic rings. The number of nitrogens with zero attached hydrogens (tertiary/aromatic N) is 1. The Balaban J connectivity index is 1.81. The van der Waals surface area contributed by atoms with E-state index in [0.29, 0.717) is 18.4 Å². The summed E-state index contributed by atoms with van der Waals surface area (Å²) in [6.45, 7) is 4.77. The fourth-order valence-electron chi connectivity index (χ4n) is 1.63. The zero-order valence-corrected chi connectivity index (χ0v) is 12.6. The predicted octanol–water partition coefficient (Wildman–Crippen LogP) is 2.84. The van der Waals surface area contributed by atoms with Crippen molar-refractivity contribution in [3.05, 3.63) is 34.0 Å². The number of hydrogen-bond acceptors (Lipinski definition) is 5. The smallest absolute Gasteiger partial charge is 0.287 e. The summed E-state index contributed by atoms with van der Waals surface area (Å²) in [7, 11) is 1.50. The number of hydrogen-bond donors (Lipinski definition) is 1. The number of thiazole rings is 1. The van der Waals surface area contributed by atoms with Crippen molar-refractivity contribution in [3.8, 4) is 5.95 Å². The average molecular weight is 294 g/mol. The maximum atomic E-state index is 11.8. The molecule has 0 atom stereocenters. The second-order valence-electron chi connectivity index (χ2n) is 4.65. The Labute approximate surface area is 122 Å². The van der Waals surface area contributed by atoms with Crippen molar-refractivity contribution in [1.82, 2.24) is 10.3 Å². The summed E-state index contributed by atoms with van der Waals surface area (Å²) in [5.41, 5.74) is 1.10. The summed E-state index contributed by atoms with van der Waals surface area (Å²) < 4.78 is 10.1. The molecule has 2 aromatic heterocycles. The third-order valence-electron chi connectivity index (χ3n) is 2.79. The van der Waals surface area contributed by atoms with Crippen LogP contribution in [0.5, 0.6) is 5.95 Å². The Kier molecular flexibility index (Phi) is 4.79. The number of ether oxygens (including phenoxy) is 1. The van der Waals surface area contributed by atoms with Crippen LogP contribution in [0.1, 0.15) is 41.0 Å². The molecule has 1 N–H and O–H groups in total. The zero-order valence-electron chi connectivity index (χ0n) is 11.8. The molecule has 0 unspecified atom stereocenters. The van der Waals surface area contributed by atoms with Crippen molar-refractivity contribution in [3.63, 3.8) is 0 Å². The Morgan fingerprint density at radius 3 is 2.90 bits per heavy atom. The van der Waals surface area contributed by atoms with E-state index in [0.717, 1.165) is 17.1 Å². The Morgan fingerprint density at radius 1 is 1.50 bits per heavy atom. The number of aromatic nitrogens is 1. The van der Waals surface area contributed by atoms with Gasteiger partial charge in [-0.15, -0.1) is 11.3 Å². The number of amides is 1. The van der Waals surface area contributed by atoms with Gasteiger partial charge in [-0.2, -0.15) is 0 Å². The molecular formula is C14H18N2O3S. The van der Waals surface area contributed by atoms with Gasteiger partial charge in [0.25, 0.3) is 11.9 Å². The second-order valence-corrected chi connectivity index (χ2v) is 5.59. The Hall–Kier alpha value is -1.82. The molecule has 0 saturated carbocycles. The van der Waals surface area contributed by atoms with Gasteiger partial charge in [0.15, 0.2) is 5.76 Å². The van der Waals surface area contributed by atoms with E-state index in [1.54, 1.807) is 23.5 Å². The summed E-state index contributed by atoms with van der Waals surface area (Å²) in [4.78, 5) is 16.3. The second kappa shape index (κ2) is 6.56. The largest absolute Gasteiger partial charge is 0.468 e. The number of furan rings is 1. The van der Waals surface area contributed by atoms with Crippen molar-refractivity contribution in [2.45, 2.75) is 26.2 Å². The third kappa shape index (κ3) is 3.60. The minimum atomic E-state index is -0.242. The summed E-state index contributed by atoms with van der Waals surface area (Å²) >= 11 is 1.63. The van der Waals surface area contributed by atoms with E-state index in [4.69, 9.17) is 9.15 Å². The quantitative estimate of drug-likeness (QED) is 0.889. The molecule has 0 aromatic carbocycles. The highest BCUT2D eigenvalue weighted by atomic mass is 32.1. The fraction of sp³-hybridized carbons (Fsp3) is 0.429. The first-order chi connectivity index (χ1) is 9.60. The number of methoxy groups -OCH3 is 1. The SMILES string of the molecule is COc1ccc(C(=O)NCCc2nc(C(C)C)cs2)o1. The van der Waals surface area contributed by atoms with Crippen LogP contribution >= 0.6 is 11.3 Å². The molecule has 20 heavy (non-hydrogen) atoms. The van der Waals surface area contributed by atoms with E-state index in [1.165, 1.54) is 7.11 Å². The number of nitrogens with one attached hydrogen (secondary N) is 1. The van der Waals surface area contributed by atoms with Gasteiger partial charge in [-0.25, -0.2) is 4.98 Å².